The first-order valence-corrected chi connectivity index (χ1v) is 13.9. The molecule has 0 N–H and O–H groups in total. The third-order valence-corrected chi connectivity index (χ3v) is 8.97. The van der Waals surface area contributed by atoms with Crippen molar-refractivity contribution in [2.45, 2.75) is 38.6 Å². The van der Waals surface area contributed by atoms with Gasteiger partial charge in [-0.05, 0) is 74.2 Å². The van der Waals surface area contributed by atoms with Crippen LogP contribution in [0.25, 0.3) is 16.5 Å². The highest BCUT2D eigenvalue weighted by Gasteiger charge is 2.28. The molecule has 2 heterocycles. The van der Waals surface area contributed by atoms with E-state index in [1.165, 1.54) is 38.9 Å². The molecule has 1 aliphatic rings. The van der Waals surface area contributed by atoms with Crippen LogP contribution in [0.1, 0.15) is 35.7 Å². The van der Waals surface area contributed by atoms with Gasteiger partial charge in [0.25, 0.3) is 0 Å². The predicted molar refractivity (Wildman–Crippen MR) is 146 cm³/mol. The molecular weight excluding hydrogens is 468 g/mol. The largest absolute Gasteiger partial charge is 0.494 e. The molecule has 0 aliphatic carbocycles. The van der Waals surface area contributed by atoms with E-state index in [-0.39, 0.29) is 0 Å². The minimum atomic E-state index is -3.56. The molecule has 5 rings (SSSR count). The Bertz CT molecular complexity index is 1530. The van der Waals surface area contributed by atoms with E-state index in [9.17, 15) is 8.42 Å². The highest BCUT2D eigenvalue weighted by atomic mass is 32.2. The summed E-state index contributed by atoms with van der Waals surface area (Å²) in [6.45, 7) is 8.42. The van der Waals surface area contributed by atoms with Crippen LogP contribution in [-0.4, -0.2) is 37.0 Å². The number of sulfonamides is 1. The maximum atomic E-state index is 13.3. The van der Waals surface area contributed by atoms with Crippen LogP contribution in [-0.2, 0) is 16.6 Å². The third kappa shape index (κ3) is 4.47. The van der Waals surface area contributed by atoms with Gasteiger partial charge in [-0.15, -0.1) is 0 Å². The van der Waals surface area contributed by atoms with E-state index in [1.807, 2.05) is 6.92 Å². The molecule has 1 aromatic heterocycles. The topological polar surface area (TPSA) is 51.5 Å². The molecule has 186 valence electrons. The molecule has 4 aromatic rings. The minimum absolute atomic E-state index is 0.300. The fourth-order valence-corrected chi connectivity index (χ4v) is 6.50. The van der Waals surface area contributed by atoms with E-state index in [0.29, 0.717) is 36.8 Å². The first-order valence-electron chi connectivity index (χ1n) is 12.4. The van der Waals surface area contributed by atoms with Gasteiger partial charge in [0.15, 0.2) is 0 Å². The molecule has 0 unspecified atom stereocenters. The van der Waals surface area contributed by atoms with E-state index >= 15 is 0 Å². The summed E-state index contributed by atoms with van der Waals surface area (Å²) in [5.74, 6) is 0.676. The number of fused-ring (bicyclic) bond motifs is 1. The number of hydrogen-bond acceptors (Lipinski definition) is 3. The fourth-order valence-electron chi connectivity index (χ4n) is 5.12. The molecule has 0 amide bonds. The summed E-state index contributed by atoms with van der Waals surface area (Å²) in [6, 6.07) is 23.7. The molecule has 0 atom stereocenters. The van der Waals surface area contributed by atoms with Crippen LogP contribution in [0.4, 0.5) is 0 Å². The van der Waals surface area contributed by atoms with E-state index in [4.69, 9.17) is 4.74 Å². The zero-order valence-electron chi connectivity index (χ0n) is 21.1. The number of para-hydroxylation sites is 1. The van der Waals surface area contributed by atoms with Gasteiger partial charge < -0.3 is 9.30 Å². The maximum absolute atomic E-state index is 13.3. The van der Waals surface area contributed by atoms with Gasteiger partial charge in [-0.3, -0.25) is 0 Å². The SMILES string of the molecule is CCOc1ccc(S(=O)(=O)N2CC=C(c3c(C)n(Cc4ccccc4C)c4ccccc34)CC2)cc1. The van der Waals surface area contributed by atoms with Gasteiger partial charge >= 0.3 is 0 Å². The highest BCUT2D eigenvalue weighted by molar-refractivity contribution is 7.89. The lowest BCUT2D eigenvalue weighted by Crippen LogP contribution is -2.34. The van der Waals surface area contributed by atoms with Crippen molar-refractivity contribution in [1.82, 2.24) is 8.87 Å². The zero-order chi connectivity index (χ0) is 25.3. The summed E-state index contributed by atoms with van der Waals surface area (Å²) in [5, 5.41) is 1.22. The lowest BCUT2D eigenvalue weighted by molar-refractivity contribution is 0.340. The second-order valence-corrected chi connectivity index (χ2v) is 11.2. The van der Waals surface area contributed by atoms with Crippen LogP contribution in [0.2, 0.25) is 0 Å². The van der Waals surface area contributed by atoms with Crippen molar-refractivity contribution in [3.63, 3.8) is 0 Å². The quantitative estimate of drug-likeness (QED) is 0.304. The Morgan fingerprint density at radius 1 is 0.917 bits per heavy atom. The fraction of sp³-hybridized carbons (Fsp3) is 0.267. The zero-order valence-corrected chi connectivity index (χ0v) is 21.9. The number of hydrogen-bond donors (Lipinski definition) is 0. The standard InChI is InChI=1S/C30H32N2O3S/c1-4-35-26-13-15-27(16-14-26)36(33,34)31-19-17-24(18-20-31)30-23(3)32(29-12-8-7-11-28(29)30)21-25-10-6-5-9-22(25)2/h5-17H,4,18-21H2,1-3H3. The smallest absolute Gasteiger partial charge is 0.243 e. The Labute approximate surface area is 213 Å². The van der Waals surface area contributed by atoms with E-state index in [2.05, 4.69) is 73.0 Å². The second kappa shape index (κ2) is 9.96. The molecule has 0 radical (unpaired) electrons. The Morgan fingerprint density at radius 3 is 2.33 bits per heavy atom. The number of nitrogens with zero attached hydrogens (tertiary/aromatic N) is 2. The first-order chi connectivity index (χ1) is 17.4. The second-order valence-electron chi connectivity index (χ2n) is 9.24. The molecule has 0 bridgehead atoms. The van der Waals surface area contributed by atoms with Crippen LogP contribution in [0.3, 0.4) is 0 Å². The molecule has 0 saturated heterocycles. The van der Waals surface area contributed by atoms with Crippen LogP contribution >= 0.6 is 0 Å². The summed E-state index contributed by atoms with van der Waals surface area (Å²) in [6.07, 6.45) is 2.76. The van der Waals surface area contributed by atoms with Crippen LogP contribution in [0, 0.1) is 13.8 Å². The molecule has 5 nitrogen and oxygen atoms in total. The summed E-state index contributed by atoms with van der Waals surface area (Å²) in [5.41, 5.74) is 7.45. The first kappa shape index (κ1) is 24.3. The maximum Gasteiger partial charge on any atom is 0.243 e. The lowest BCUT2D eigenvalue weighted by atomic mass is 9.97. The van der Waals surface area contributed by atoms with Gasteiger partial charge in [-0.25, -0.2) is 8.42 Å². The molecule has 3 aromatic carbocycles. The molecule has 0 fully saturated rings. The lowest BCUT2D eigenvalue weighted by Gasteiger charge is -2.26. The average molecular weight is 501 g/mol. The number of benzene rings is 3. The average Bonchev–Trinajstić information content (AvgIpc) is 3.17. The van der Waals surface area contributed by atoms with Crippen molar-refractivity contribution in [3.8, 4) is 5.75 Å². The molecule has 1 aliphatic heterocycles. The number of aromatic nitrogens is 1. The predicted octanol–water partition coefficient (Wildman–Crippen LogP) is 6.18. The number of rotatable bonds is 7. The molecular formula is C30H32N2O3S. The van der Waals surface area contributed by atoms with E-state index in [1.54, 1.807) is 28.6 Å². The van der Waals surface area contributed by atoms with E-state index in [0.717, 1.165) is 6.54 Å². The Morgan fingerprint density at radius 2 is 1.64 bits per heavy atom. The van der Waals surface area contributed by atoms with Crippen molar-refractivity contribution in [3.05, 3.63) is 101 Å². The minimum Gasteiger partial charge on any atom is -0.494 e. The Kier molecular flexibility index (Phi) is 6.73. The van der Waals surface area contributed by atoms with Gasteiger partial charge in [0.1, 0.15) is 5.75 Å². The summed E-state index contributed by atoms with van der Waals surface area (Å²) in [7, 11) is -3.56. The number of ether oxygens (including phenoxy) is 1. The van der Waals surface area contributed by atoms with Crippen LogP contribution in [0.15, 0.2) is 83.8 Å². The van der Waals surface area contributed by atoms with Crippen molar-refractivity contribution in [2.24, 2.45) is 0 Å². The molecule has 36 heavy (non-hydrogen) atoms. The van der Waals surface area contributed by atoms with Crippen molar-refractivity contribution < 1.29 is 13.2 Å². The Hall–Kier alpha value is -3.35. The Balaban J connectivity index is 1.45. The van der Waals surface area contributed by atoms with Gasteiger partial charge in [-0.1, -0.05) is 48.5 Å². The van der Waals surface area contributed by atoms with Gasteiger partial charge in [0, 0.05) is 41.8 Å². The summed E-state index contributed by atoms with van der Waals surface area (Å²) < 4.78 is 35.9. The third-order valence-electron chi connectivity index (χ3n) is 7.09. The molecule has 0 spiro atoms. The van der Waals surface area contributed by atoms with Crippen molar-refractivity contribution in [1.29, 1.82) is 0 Å². The van der Waals surface area contributed by atoms with Crippen molar-refractivity contribution in [2.75, 3.05) is 19.7 Å². The van der Waals surface area contributed by atoms with Gasteiger partial charge in [0.05, 0.1) is 11.5 Å². The normalized spacial score (nSPS) is 14.7. The van der Waals surface area contributed by atoms with Crippen molar-refractivity contribution >= 4 is 26.5 Å². The van der Waals surface area contributed by atoms with Crippen LogP contribution < -0.4 is 4.74 Å². The number of aryl methyl sites for hydroxylation is 1. The highest BCUT2D eigenvalue weighted by Crippen LogP contribution is 2.36. The molecule has 6 heteroatoms. The molecule has 0 saturated carbocycles. The van der Waals surface area contributed by atoms with Gasteiger partial charge in [0.2, 0.25) is 10.0 Å². The van der Waals surface area contributed by atoms with Crippen LogP contribution in [0.5, 0.6) is 5.75 Å². The summed E-state index contributed by atoms with van der Waals surface area (Å²) >= 11 is 0. The van der Waals surface area contributed by atoms with E-state index < -0.39 is 10.0 Å². The summed E-state index contributed by atoms with van der Waals surface area (Å²) in [4.78, 5) is 0.300. The van der Waals surface area contributed by atoms with Gasteiger partial charge in [-0.2, -0.15) is 4.31 Å². The monoisotopic (exact) mass is 500 g/mol.